The van der Waals surface area contributed by atoms with Gasteiger partial charge in [0.1, 0.15) is 17.9 Å². The van der Waals surface area contributed by atoms with E-state index in [9.17, 15) is 9.59 Å². The van der Waals surface area contributed by atoms with Crippen molar-refractivity contribution in [1.29, 1.82) is 0 Å². The summed E-state index contributed by atoms with van der Waals surface area (Å²) in [6.45, 7) is 0.303. The fourth-order valence-electron chi connectivity index (χ4n) is 2.73. The van der Waals surface area contributed by atoms with Crippen LogP contribution >= 0.6 is 23.6 Å². The molecule has 0 aliphatic rings. The summed E-state index contributed by atoms with van der Waals surface area (Å²) in [6.07, 6.45) is 0.577. The molecule has 2 aromatic carbocycles. The van der Waals surface area contributed by atoms with Crippen LogP contribution in [-0.2, 0) is 21.7 Å². The molecule has 3 aromatic rings. The van der Waals surface area contributed by atoms with Crippen LogP contribution in [0.1, 0.15) is 11.1 Å². The molecule has 1 aromatic heterocycles. The Balaban J connectivity index is 1.90. The topological polar surface area (TPSA) is 113 Å². The number of H-pyrrole nitrogens is 1. The number of nitrogens with two attached hydrogens (primary N) is 1. The van der Waals surface area contributed by atoms with Crippen molar-refractivity contribution in [2.45, 2.75) is 18.1 Å². The average Bonchev–Trinajstić information content (AvgIpc) is 3.16. The zero-order chi connectivity index (χ0) is 20.0. The Morgan fingerprint density at radius 2 is 1.86 bits per heavy atom. The van der Waals surface area contributed by atoms with Crippen LogP contribution in [-0.4, -0.2) is 28.4 Å². The molecule has 2 unspecified atom stereocenters. The third kappa shape index (κ3) is 4.50. The van der Waals surface area contributed by atoms with Gasteiger partial charge in [-0.05, 0) is 23.3 Å². The Labute approximate surface area is 171 Å². The molecular weight excluding hydrogens is 394 g/mol. The van der Waals surface area contributed by atoms with Crippen molar-refractivity contribution >= 4 is 40.9 Å². The standard InChI is InChI=1S/C19H19N5O2S2/c20-19(12-25,14-9-5-2-6-10-14)15(22-17-23-24-18(27)28-17)16(26)21-11-13-7-3-1-4-8-13/h1-10,12,15H,11,20H2,(H,21,26)(H,22,23)(H,24,27). The highest BCUT2D eigenvalue weighted by Gasteiger charge is 2.42. The van der Waals surface area contributed by atoms with Gasteiger partial charge in [0.15, 0.2) is 3.95 Å². The second-order valence-electron chi connectivity index (χ2n) is 6.12. The summed E-state index contributed by atoms with van der Waals surface area (Å²) in [4.78, 5) is 25.1. The third-order valence-electron chi connectivity index (χ3n) is 4.22. The van der Waals surface area contributed by atoms with Crippen molar-refractivity contribution < 1.29 is 9.59 Å². The monoisotopic (exact) mass is 413 g/mol. The number of nitrogens with zero attached hydrogens (tertiary/aromatic N) is 1. The number of nitrogens with one attached hydrogen (secondary N) is 3. The van der Waals surface area contributed by atoms with Gasteiger partial charge in [0.2, 0.25) is 11.0 Å². The number of carbonyl (C=O) groups is 2. The predicted octanol–water partition coefficient (Wildman–Crippen LogP) is 2.35. The van der Waals surface area contributed by atoms with Crippen molar-refractivity contribution in [1.82, 2.24) is 15.5 Å². The number of aromatic amines is 1. The molecular formula is C19H19N5O2S2. The number of aldehydes is 1. The van der Waals surface area contributed by atoms with Gasteiger partial charge >= 0.3 is 0 Å². The van der Waals surface area contributed by atoms with Crippen molar-refractivity contribution in [2.24, 2.45) is 5.73 Å². The lowest BCUT2D eigenvalue weighted by molar-refractivity contribution is -0.126. The number of amides is 1. The van der Waals surface area contributed by atoms with Crippen LogP contribution in [0.5, 0.6) is 0 Å². The predicted molar refractivity (Wildman–Crippen MR) is 111 cm³/mol. The highest BCUT2D eigenvalue weighted by molar-refractivity contribution is 7.73. The summed E-state index contributed by atoms with van der Waals surface area (Å²) in [5, 5.41) is 12.8. The van der Waals surface area contributed by atoms with Crippen molar-refractivity contribution in [2.75, 3.05) is 5.32 Å². The maximum Gasteiger partial charge on any atom is 0.245 e. The summed E-state index contributed by atoms with van der Waals surface area (Å²) in [5.74, 6) is -0.427. The van der Waals surface area contributed by atoms with E-state index in [1.165, 1.54) is 0 Å². The lowest BCUT2D eigenvalue weighted by Crippen LogP contribution is -2.59. The molecule has 0 saturated heterocycles. The Hall–Kier alpha value is -2.88. The van der Waals surface area contributed by atoms with Gasteiger partial charge < -0.3 is 21.2 Å². The average molecular weight is 414 g/mol. The summed E-state index contributed by atoms with van der Waals surface area (Å²) in [6, 6.07) is 17.1. The van der Waals surface area contributed by atoms with E-state index in [1.807, 2.05) is 36.4 Å². The number of benzene rings is 2. The van der Waals surface area contributed by atoms with E-state index in [0.717, 1.165) is 16.9 Å². The first-order valence-electron chi connectivity index (χ1n) is 8.47. The molecule has 7 nitrogen and oxygen atoms in total. The van der Waals surface area contributed by atoms with Crippen molar-refractivity contribution in [3.63, 3.8) is 0 Å². The normalized spacial score (nSPS) is 13.9. The maximum atomic E-state index is 13.0. The number of hydrogen-bond acceptors (Lipinski definition) is 7. The minimum Gasteiger partial charge on any atom is -0.350 e. The molecule has 5 N–H and O–H groups in total. The Morgan fingerprint density at radius 1 is 1.21 bits per heavy atom. The van der Waals surface area contributed by atoms with E-state index in [4.69, 9.17) is 18.0 Å². The number of rotatable bonds is 8. The van der Waals surface area contributed by atoms with E-state index in [1.54, 1.807) is 24.3 Å². The molecule has 28 heavy (non-hydrogen) atoms. The fourth-order valence-corrected chi connectivity index (χ4v) is 3.55. The minimum atomic E-state index is -1.60. The van der Waals surface area contributed by atoms with Gasteiger partial charge in [-0.25, -0.2) is 0 Å². The molecule has 0 aliphatic heterocycles. The van der Waals surface area contributed by atoms with Gasteiger partial charge in [-0.2, -0.15) is 0 Å². The third-order valence-corrected chi connectivity index (χ3v) is 5.24. The molecule has 0 spiro atoms. The number of anilines is 1. The maximum absolute atomic E-state index is 13.0. The molecule has 0 radical (unpaired) electrons. The first kappa shape index (κ1) is 19.9. The zero-order valence-electron chi connectivity index (χ0n) is 14.8. The van der Waals surface area contributed by atoms with Crippen LogP contribution < -0.4 is 16.4 Å². The number of aromatic nitrogens is 2. The smallest absolute Gasteiger partial charge is 0.245 e. The van der Waals surface area contributed by atoms with Gasteiger partial charge in [0.05, 0.1) is 0 Å². The Kier molecular flexibility index (Phi) is 6.30. The summed E-state index contributed by atoms with van der Waals surface area (Å²) in [7, 11) is 0. The molecule has 1 heterocycles. The summed E-state index contributed by atoms with van der Waals surface area (Å²) >= 11 is 6.20. The van der Waals surface area contributed by atoms with E-state index >= 15 is 0 Å². The number of carbonyl (C=O) groups excluding carboxylic acids is 2. The minimum absolute atomic E-state index is 0.303. The van der Waals surface area contributed by atoms with Gasteiger partial charge in [-0.15, -0.1) is 5.10 Å². The molecule has 2 atom stereocenters. The zero-order valence-corrected chi connectivity index (χ0v) is 16.4. The van der Waals surface area contributed by atoms with E-state index < -0.39 is 17.5 Å². The van der Waals surface area contributed by atoms with Gasteiger partial charge in [-0.3, -0.25) is 9.89 Å². The van der Waals surface area contributed by atoms with Crippen molar-refractivity contribution in [3.05, 3.63) is 75.7 Å². The second-order valence-corrected chi connectivity index (χ2v) is 7.78. The van der Waals surface area contributed by atoms with Crippen LogP contribution in [0, 0.1) is 3.95 Å². The highest BCUT2D eigenvalue weighted by atomic mass is 32.1. The molecule has 144 valence electrons. The van der Waals surface area contributed by atoms with E-state index in [2.05, 4.69) is 20.8 Å². The van der Waals surface area contributed by atoms with Crippen LogP contribution in [0.15, 0.2) is 60.7 Å². The molecule has 0 saturated carbocycles. The van der Waals surface area contributed by atoms with Crippen LogP contribution in [0.4, 0.5) is 5.13 Å². The fraction of sp³-hybridized carbons (Fsp3) is 0.158. The lowest BCUT2D eigenvalue weighted by Gasteiger charge is -2.32. The highest BCUT2D eigenvalue weighted by Crippen LogP contribution is 2.25. The van der Waals surface area contributed by atoms with Crippen LogP contribution in [0.2, 0.25) is 0 Å². The van der Waals surface area contributed by atoms with Crippen LogP contribution in [0.25, 0.3) is 0 Å². The van der Waals surface area contributed by atoms with E-state index in [-0.39, 0.29) is 0 Å². The van der Waals surface area contributed by atoms with Gasteiger partial charge in [0.25, 0.3) is 0 Å². The quantitative estimate of drug-likeness (QED) is 0.333. The van der Waals surface area contributed by atoms with Crippen LogP contribution in [0.3, 0.4) is 0 Å². The Bertz CT molecular complexity index is 990. The molecule has 0 bridgehead atoms. The molecule has 9 heteroatoms. The van der Waals surface area contributed by atoms with Gasteiger partial charge in [0, 0.05) is 6.54 Å². The summed E-state index contributed by atoms with van der Waals surface area (Å²) in [5.41, 5.74) is 6.27. The molecule has 0 aliphatic carbocycles. The second kappa shape index (κ2) is 8.87. The first-order valence-corrected chi connectivity index (χ1v) is 9.70. The van der Waals surface area contributed by atoms with Gasteiger partial charge in [-0.1, -0.05) is 72.0 Å². The van der Waals surface area contributed by atoms with Crippen molar-refractivity contribution in [3.8, 4) is 0 Å². The Morgan fingerprint density at radius 3 is 2.43 bits per heavy atom. The largest absolute Gasteiger partial charge is 0.350 e. The molecule has 0 fully saturated rings. The summed E-state index contributed by atoms with van der Waals surface area (Å²) < 4.78 is 0.444. The molecule has 3 rings (SSSR count). The molecule has 1 amide bonds. The lowest BCUT2D eigenvalue weighted by atomic mass is 9.84. The SMILES string of the molecule is NC(C=O)(c1ccccc1)C(Nc1n[nH]c(=S)s1)C(=O)NCc1ccccc1. The number of hydrogen-bond donors (Lipinski definition) is 4. The first-order chi connectivity index (χ1) is 13.5. The van der Waals surface area contributed by atoms with E-state index in [0.29, 0.717) is 27.5 Å².